The van der Waals surface area contributed by atoms with E-state index in [0.29, 0.717) is 5.76 Å². The topological polar surface area (TPSA) is 46.3 Å². The van der Waals surface area contributed by atoms with Crippen molar-refractivity contribution in [1.82, 2.24) is 4.98 Å². The van der Waals surface area contributed by atoms with Gasteiger partial charge in [0.2, 0.25) is 0 Å². The van der Waals surface area contributed by atoms with Crippen molar-refractivity contribution in [3.8, 4) is 0 Å². The van der Waals surface area contributed by atoms with Gasteiger partial charge in [0.15, 0.2) is 12.2 Å². The standard InChI is InChI=1S/C10H9NO2/c12-10(9-6-11-7-13-9)8-4-2-1-3-5-8/h1-7,10,12H. The van der Waals surface area contributed by atoms with Gasteiger partial charge >= 0.3 is 0 Å². The Balaban J connectivity index is 2.29. The Morgan fingerprint density at radius 2 is 2.00 bits per heavy atom. The van der Waals surface area contributed by atoms with Crippen LogP contribution in [-0.4, -0.2) is 10.1 Å². The Labute approximate surface area is 75.7 Å². The van der Waals surface area contributed by atoms with E-state index >= 15 is 0 Å². The van der Waals surface area contributed by atoms with E-state index in [4.69, 9.17) is 4.42 Å². The van der Waals surface area contributed by atoms with Crippen molar-refractivity contribution in [3.63, 3.8) is 0 Å². The molecule has 0 saturated heterocycles. The molecule has 1 N–H and O–H groups in total. The quantitative estimate of drug-likeness (QED) is 0.756. The van der Waals surface area contributed by atoms with Gasteiger partial charge in [0.05, 0.1) is 6.20 Å². The average Bonchev–Trinajstić information content (AvgIpc) is 2.71. The van der Waals surface area contributed by atoms with Crippen LogP contribution >= 0.6 is 0 Å². The number of aliphatic hydroxyl groups excluding tert-OH is 1. The van der Waals surface area contributed by atoms with Gasteiger partial charge in [-0.05, 0) is 5.56 Å². The smallest absolute Gasteiger partial charge is 0.181 e. The molecule has 0 aliphatic heterocycles. The van der Waals surface area contributed by atoms with E-state index in [1.54, 1.807) is 0 Å². The molecular formula is C10H9NO2. The van der Waals surface area contributed by atoms with Crippen molar-refractivity contribution < 1.29 is 9.52 Å². The summed E-state index contributed by atoms with van der Waals surface area (Å²) in [5.41, 5.74) is 0.805. The van der Waals surface area contributed by atoms with E-state index in [-0.39, 0.29) is 0 Å². The van der Waals surface area contributed by atoms with Gasteiger partial charge in [-0.3, -0.25) is 0 Å². The molecule has 0 aliphatic rings. The molecule has 1 unspecified atom stereocenters. The van der Waals surface area contributed by atoms with Crippen LogP contribution in [0.2, 0.25) is 0 Å². The third-order valence-corrected chi connectivity index (χ3v) is 1.84. The van der Waals surface area contributed by atoms with E-state index in [2.05, 4.69) is 4.98 Å². The summed E-state index contributed by atoms with van der Waals surface area (Å²) in [6.07, 6.45) is 2.10. The van der Waals surface area contributed by atoms with E-state index in [0.717, 1.165) is 5.56 Å². The monoisotopic (exact) mass is 175 g/mol. The van der Waals surface area contributed by atoms with Gasteiger partial charge in [-0.2, -0.15) is 0 Å². The summed E-state index contributed by atoms with van der Waals surface area (Å²) in [7, 11) is 0. The number of rotatable bonds is 2. The van der Waals surface area contributed by atoms with Crippen LogP contribution < -0.4 is 0 Å². The minimum absolute atomic E-state index is 0.464. The molecule has 0 fully saturated rings. The fourth-order valence-corrected chi connectivity index (χ4v) is 1.16. The normalized spacial score (nSPS) is 12.7. The van der Waals surface area contributed by atoms with Crippen LogP contribution in [0.1, 0.15) is 17.4 Å². The van der Waals surface area contributed by atoms with Crippen molar-refractivity contribution in [2.24, 2.45) is 0 Å². The highest BCUT2D eigenvalue weighted by Gasteiger charge is 2.12. The van der Waals surface area contributed by atoms with Gasteiger partial charge in [0, 0.05) is 0 Å². The second-order valence-electron chi connectivity index (χ2n) is 2.72. The van der Waals surface area contributed by atoms with Crippen LogP contribution in [0.25, 0.3) is 0 Å². The van der Waals surface area contributed by atoms with Gasteiger partial charge in [-0.25, -0.2) is 4.98 Å². The third kappa shape index (κ3) is 1.60. The maximum Gasteiger partial charge on any atom is 0.181 e. The molecule has 2 rings (SSSR count). The maximum absolute atomic E-state index is 9.75. The SMILES string of the molecule is OC(c1ccccc1)c1cnco1. The molecule has 0 spiro atoms. The van der Waals surface area contributed by atoms with Crippen LogP contribution in [0, 0.1) is 0 Å². The first kappa shape index (κ1) is 8.01. The molecule has 2 aromatic rings. The number of hydrogen-bond donors (Lipinski definition) is 1. The van der Waals surface area contributed by atoms with E-state index in [1.807, 2.05) is 30.3 Å². The number of benzene rings is 1. The molecule has 0 aliphatic carbocycles. The summed E-state index contributed by atoms with van der Waals surface area (Å²) < 4.78 is 4.99. The minimum atomic E-state index is -0.719. The van der Waals surface area contributed by atoms with Crippen LogP contribution in [0.3, 0.4) is 0 Å². The molecule has 0 bridgehead atoms. The summed E-state index contributed by atoms with van der Waals surface area (Å²) in [6, 6.07) is 9.32. The fourth-order valence-electron chi connectivity index (χ4n) is 1.16. The molecule has 1 heterocycles. The number of oxazole rings is 1. The minimum Gasteiger partial charge on any atom is -0.445 e. The summed E-state index contributed by atoms with van der Waals surface area (Å²) in [5, 5.41) is 9.75. The van der Waals surface area contributed by atoms with Gasteiger partial charge in [-0.1, -0.05) is 30.3 Å². The van der Waals surface area contributed by atoms with E-state index < -0.39 is 6.10 Å². The first-order valence-electron chi connectivity index (χ1n) is 3.99. The average molecular weight is 175 g/mol. The second-order valence-corrected chi connectivity index (χ2v) is 2.72. The number of aliphatic hydroxyl groups is 1. The summed E-state index contributed by atoms with van der Waals surface area (Å²) in [4.78, 5) is 3.74. The van der Waals surface area contributed by atoms with Crippen molar-refractivity contribution >= 4 is 0 Å². The number of hydrogen-bond acceptors (Lipinski definition) is 3. The fraction of sp³-hybridized carbons (Fsp3) is 0.100. The molecule has 0 saturated carbocycles. The molecule has 0 amide bonds. The highest BCUT2D eigenvalue weighted by Crippen LogP contribution is 2.20. The van der Waals surface area contributed by atoms with Crippen molar-refractivity contribution in [2.45, 2.75) is 6.10 Å². The Morgan fingerprint density at radius 1 is 1.23 bits per heavy atom. The molecule has 3 heteroatoms. The lowest BCUT2D eigenvalue weighted by molar-refractivity contribution is 0.189. The zero-order chi connectivity index (χ0) is 9.10. The number of aromatic nitrogens is 1. The van der Waals surface area contributed by atoms with Crippen LogP contribution in [0.15, 0.2) is 47.3 Å². The molecule has 1 atom stereocenters. The molecule has 66 valence electrons. The molecule has 13 heavy (non-hydrogen) atoms. The Hall–Kier alpha value is -1.61. The van der Waals surface area contributed by atoms with Crippen LogP contribution in [-0.2, 0) is 0 Å². The number of nitrogens with zero attached hydrogens (tertiary/aromatic N) is 1. The molecule has 3 nitrogen and oxygen atoms in total. The van der Waals surface area contributed by atoms with Gasteiger partial charge in [0.25, 0.3) is 0 Å². The lowest BCUT2D eigenvalue weighted by Gasteiger charge is -2.05. The van der Waals surface area contributed by atoms with Crippen molar-refractivity contribution in [2.75, 3.05) is 0 Å². The lowest BCUT2D eigenvalue weighted by Crippen LogP contribution is -1.96. The predicted molar refractivity (Wildman–Crippen MR) is 47.0 cm³/mol. The van der Waals surface area contributed by atoms with Gasteiger partial charge < -0.3 is 9.52 Å². The Morgan fingerprint density at radius 3 is 2.62 bits per heavy atom. The van der Waals surface area contributed by atoms with Gasteiger partial charge in [-0.15, -0.1) is 0 Å². The van der Waals surface area contributed by atoms with E-state index in [9.17, 15) is 5.11 Å². The van der Waals surface area contributed by atoms with E-state index in [1.165, 1.54) is 12.6 Å². The highest BCUT2D eigenvalue weighted by molar-refractivity contribution is 5.22. The zero-order valence-corrected chi connectivity index (χ0v) is 6.92. The Bertz CT molecular complexity index is 356. The molecular weight excluding hydrogens is 166 g/mol. The van der Waals surface area contributed by atoms with Crippen LogP contribution in [0.5, 0.6) is 0 Å². The predicted octanol–water partition coefficient (Wildman–Crippen LogP) is 1.76. The maximum atomic E-state index is 9.75. The van der Waals surface area contributed by atoms with Crippen LogP contribution in [0.4, 0.5) is 0 Å². The lowest BCUT2D eigenvalue weighted by atomic mass is 10.1. The zero-order valence-electron chi connectivity index (χ0n) is 6.92. The first-order chi connectivity index (χ1) is 6.38. The summed E-state index contributed by atoms with van der Waals surface area (Å²) in [6.45, 7) is 0. The second kappa shape index (κ2) is 3.41. The summed E-state index contributed by atoms with van der Waals surface area (Å²) >= 11 is 0. The first-order valence-corrected chi connectivity index (χ1v) is 3.99. The van der Waals surface area contributed by atoms with Crippen molar-refractivity contribution in [1.29, 1.82) is 0 Å². The molecule has 1 aromatic heterocycles. The van der Waals surface area contributed by atoms with Gasteiger partial charge in [0.1, 0.15) is 6.10 Å². The molecule has 0 radical (unpaired) electrons. The Kier molecular flexibility index (Phi) is 2.10. The van der Waals surface area contributed by atoms with Crippen molar-refractivity contribution in [3.05, 3.63) is 54.2 Å². The molecule has 1 aromatic carbocycles. The summed E-state index contributed by atoms with van der Waals surface area (Å²) in [5.74, 6) is 0.464. The highest BCUT2D eigenvalue weighted by atomic mass is 16.4. The largest absolute Gasteiger partial charge is 0.445 e. The third-order valence-electron chi connectivity index (χ3n) is 1.84.